The number of benzene rings is 2. The monoisotopic (exact) mass is 540 g/mol. The lowest BCUT2D eigenvalue weighted by atomic mass is 9.92. The van der Waals surface area contributed by atoms with Gasteiger partial charge in [0.05, 0.1) is 18.2 Å². The van der Waals surface area contributed by atoms with Crippen molar-refractivity contribution in [1.82, 2.24) is 14.5 Å². The first-order valence-corrected chi connectivity index (χ1v) is 12.8. The summed E-state index contributed by atoms with van der Waals surface area (Å²) in [6.07, 6.45) is 0. The van der Waals surface area contributed by atoms with E-state index in [0.29, 0.717) is 10.6 Å². The topological polar surface area (TPSA) is 125 Å². The first kappa shape index (κ1) is 25.4. The number of sulfonamides is 1. The second-order valence-corrected chi connectivity index (χ2v) is 10.9. The molecule has 0 spiro atoms. The molecule has 0 saturated carbocycles. The Morgan fingerprint density at radius 1 is 1.11 bits per heavy atom. The number of nitrogens with zero attached hydrogens (tertiary/aromatic N) is 2. The molecule has 2 aromatic carbocycles. The van der Waals surface area contributed by atoms with Gasteiger partial charge in [-0.25, -0.2) is 13.2 Å². The predicted molar refractivity (Wildman–Crippen MR) is 129 cm³/mol. The number of hydrogen-bond donors (Lipinski definition) is 2. The van der Waals surface area contributed by atoms with Crippen LogP contribution in [0.3, 0.4) is 0 Å². The molecule has 2 saturated heterocycles. The maximum Gasteiger partial charge on any atom is 0.325 e. The highest BCUT2D eigenvalue weighted by molar-refractivity contribution is 7.89. The average Bonchev–Trinajstić information content (AvgIpc) is 3.05. The van der Waals surface area contributed by atoms with Crippen LogP contribution in [-0.2, 0) is 29.9 Å². The summed E-state index contributed by atoms with van der Waals surface area (Å²) in [5, 5.41) is 5.62. The minimum Gasteiger partial charge on any atom is -0.379 e. The van der Waals surface area contributed by atoms with Gasteiger partial charge in [-0.2, -0.15) is 4.31 Å². The van der Waals surface area contributed by atoms with Gasteiger partial charge in [-0.3, -0.25) is 14.5 Å². The molecule has 2 aliphatic heterocycles. The third-order valence-electron chi connectivity index (χ3n) is 5.80. The molecule has 2 heterocycles. The molecule has 2 aliphatic rings. The van der Waals surface area contributed by atoms with Crippen LogP contribution in [0.2, 0.25) is 10.0 Å². The molecule has 0 bridgehead atoms. The Morgan fingerprint density at radius 2 is 1.77 bits per heavy atom. The summed E-state index contributed by atoms with van der Waals surface area (Å²) >= 11 is 12.1. The SMILES string of the molecule is C[C@@]1(c2ccc(Cl)cc2)NC(=O)N(CC(=O)Nc2ccc(Cl)c(S(=O)(=O)N3CCOCC3)c2)C1=O. The van der Waals surface area contributed by atoms with Crippen LogP contribution >= 0.6 is 23.2 Å². The quantitative estimate of drug-likeness (QED) is 0.542. The second-order valence-electron chi connectivity index (χ2n) is 8.16. The Balaban J connectivity index is 1.49. The molecule has 35 heavy (non-hydrogen) atoms. The van der Waals surface area contributed by atoms with Crippen molar-refractivity contribution >= 4 is 56.8 Å². The summed E-state index contributed by atoms with van der Waals surface area (Å²) < 4.78 is 32.5. The molecule has 186 valence electrons. The summed E-state index contributed by atoms with van der Waals surface area (Å²) in [4.78, 5) is 38.9. The number of ether oxygens (including phenoxy) is 1. The number of carbonyl (C=O) groups excluding carboxylic acids is 3. The highest BCUT2D eigenvalue weighted by atomic mass is 35.5. The second kappa shape index (κ2) is 9.75. The molecule has 2 N–H and O–H groups in total. The van der Waals surface area contributed by atoms with Crippen molar-refractivity contribution in [3.8, 4) is 0 Å². The number of hydrogen-bond acceptors (Lipinski definition) is 6. The smallest absolute Gasteiger partial charge is 0.325 e. The molecular formula is C22H22Cl2N4O6S. The zero-order chi connectivity index (χ0) is 25.4. The zero-order valence-electron chi connectivity index (χ0n) is 18.6. The van der Waals surface area contributed by atoms with E-state index in [1.165, 1.54) is 29.4 Å². The molecule has 0 aromatic heterocycles. The van der Waals surface area contributed by atoms with Gasteiger partial charge in [0.25, 0.3) is 5.91 Å². The number of imide groups is 1. The average molecular weight is 541 g/mol. The third-order valence-corrected chi connectivity index (χ3v) is 8.43. The summed E-state index contributed by atoms with van der Waals surface area (Å²) in [7, 11) is -3.91. The van der Waals surface area contributed by atoms with Crippen LogP contribution in [0.1, 0.15) is 12.5 Å². The van der Waals surface area contributed by atoms with Crippen LogP contribution < -0.4 is 10.6 Å². The zero-order valence-corrected chi connectivity index (χ0v) is 20.9. The third kappa shape index (κ3) is 5.00. The number of nitrogens with one attached hydrogen (secondary N) is 2. The molecular weight excluding hydrogens is 519 g/mol. The van der Waals surface area contributed by atoms with Gasteiger partial charge in [-0.1, -0.05) is 35.3 Å². The molecule has 10 nitrogen and oxygen atoms in total. The Hall–Kier alpha value is -2.70. The van der Waals surface area contributed by atoms with Crippen molar-refractivity contribution in [2.75, 3.05) is 38.2 Å². The number of anilines is 1. The van der Waals surface area contributed by atoms with Crippen LogP contribution in [0.15, 0.2) is 47.4 Å². The molecule has 0 unspecified atom stereocenters. The van der Waals surface area contributed by atoms with Gasteiger partial charge in [0.15, 0.2) is 0 Å². The molecule has 4 rings (SSSR count). The summed E-state index contributed by atoms with van der Waals surface area (Å²) in [6.45, 7) is 1.89. The summed E-state index contributed by atoms with van der Waals surface area (Å²) in [5.74, 6) is -1.29. The van der Waals surface area contributed by atoms with Crippen LogP contribution in [0.4, 0.5) is 10.5 Å². The number of carbonyl (C=O) groups is 3. The first-order valence-electron chi connectivity index (χ1n) is 10.6. The van der Waals surface area contributed by atoms with Crippen LogP contribution in [0.5, 0.6) is 0 Å². The normalized spacial score (nSPS) is 21.2. The highest BCUT2D eigenvalue weighted by Crippen LogP contribution is 2.30. The fourth-order valence-electron chi connectivity index (χ4n) is 3.87. The number of halogens is 2. The van der Waals surface area contributed by atoms with E-state index in [1.54, 1.807) is 24.3 Å². The van der Waals surface area contributed by atoms with E-state index in [4.69, 9.17) is 27.9 Å². The van der Waals surface area contributed by atoms with Crippen molar-refractivity contribution in [2.45, 2.75) is 17.4 Å². The van der Waals surface area contributed by atoms with Crippen molar-refractivity contribution in [1.29, 1.82) is 0 Å². The Morgan fingerprint density at radius 3 is 2.43 bits per heavy atom. The van der Waals surface area contributed by atoms with E-state index in [2.05, 4.69) is 10.6 Å². The van der Waals surface area contributed by atoms with Crippen LogP contribution in [-0.4, -0.2) is 68.3 Å². The van der Waals surface area contributed by atoms with Crippen molar-refractivity contribution in [3.63, 3.8) is 0 Å². The van der Waals surface area contributed by atoms with Crippen molar-refractivity contribution in [2.24, 2.45) is 0 Å². The summed E-state index contributed by atoms with van der Waals surface area (Å²) in [6, 6.07) is 9.74. The van der Waals surface area contributed by atoms with Gasteiger partial charge in [-0.05, 0) is 42.8 Å². The first-order chi connectivity index (χ1) is 16.5. The van der Waals surface area contributed by atoms with Gasteiger partial charge in [0, 0.05) is 23.8 Å². The van der Waals surface area contributed by atoms with Gasteiger partial charge in [0.1, 0.15) is 17.0 Å². The van der Waals surface area contributed by atoms with Crippen molar-refractivity contribution in [3.05, 3.63) is 58.1 Å². The van der Waals surface area contributed by atoms with Crippen LogP contribution in [0, 0.1) is 0 Å². The van der Waals surface area contributed by atoms with Gasteiger partial charge in [-0.15, -0.1) is 0 Å². The molecule has 13 heteroatoms. The number of morpholine rings is 1. The maximum atomic E-state index is 13.0. The maximum absolute atomic E-state index is 13.0. The Kier molecular flexibility index (Phi) is 7.07. The van der Waals surface area contributed by atoms with E-state index >= 15 is 0 Å². The standard InChI is InChI=1S/C22H22Cl2N4O6S/c1-22(14-2-4-15(23)5-3-14)20(30)28(21(31)26-22)13-19(29)25-16-6-7-17(24)18(12-16)35(32,33)27-8-10-34-11-9-27/h2-7,12H,8-11,13H2,1H3,(H,25,29)(H,26,31)/t22-/m0/s1. The van der Waals surface area contributed by atoms with Gasteiger partial charge >= 0.3 is 6.03 Å². The molecule has 1 atom stereocenters. The molecule has 2 fully saturated rings. The minimum atomic E-state index is -3.91. The lowest BCUT2D eigenvalue weighted by Crippen LogP contribution is -2.42. The van der Waals surface area contributed by atoms with E-state index in [0.717, 1.165) is 4.90 Å². The lowest BCUT2D eigenvalue weighted by Gasteiger charge is -2.26. The van der Waals surface area contributed by atoms with E-state index in [1.807, 2.05) is 0 Å². The molecule has 0 aliphatic carbocycles. The van der Waals surface area contributed by atoms with Gasteiger partial charge < -0.3 is 15.4 Å². The highest BCUT2D eigenvalue weighted by Gasteiger charge is 2.49. The van der Waals surface area contributed by atoms with E-state index in [9.17, 15) is 22.8 Å². The summed E-state index contributed by atoms with van der Waals surface area (Å²) in [5.41, 5.74) is -0.695. The van der Waals surface area contributed by atoms with Crippen LogP contribution in [0.25, 0.3) is 0 Å². The van der Waals surface area contributed by atoms with Gasteiger partial charge in [0.2, 0.25) is 15.9 Å². The molecule has 2 aromatic rings. The fraction of sp³-hybridized carbons (Fsp3) is 0.318. The van der Waals surface area contributed by atoms with E-state index in [-0.39, 0.29) is 41.9 Å². The number of amides is 4. The molecule has 4 amide bonds. The largest absolute Gasteiger partial charge is 0.379 e. The number of urea groups is 1. The van der Waals surface area contributed by atoms with E-state index < -0.39 is 40.0 Å². The predicted octanol–water partition coefficient (Wildman–Crippen LogP) is 2.42. The van der Waals surface area contributed by atoms with Crippen molar-refractivity contribution < 1.29 is 27.5 Å². The lowest BCUT2D eigenvalue weighted by molar-refractivity contribution is -0.133. The minimum absolute atomic E-state index is 0.00215. The Bertz CT molecular complexity index is 1280. The molecule has 0 radical (unpaired) electrons. The number of rotatable bonds is 6. The fourth-order valence-corrected chi connectivity index (χ4v) is 5.90. The Labute approximate surface area is 212 Å².